The second-order valence-corrected chi connectivity index (χ2v) is 8.95. The van der Waals surface area contributed by atoms with Crippen molar-refractivity contribution in [2.75, 3.05) is 30.9 Å². The smallest absolute Gasteiger partial charge is 0.234 e. The number of hydrogen-bond donors (Lipinski definition) is 1. The molecular formula is C26H26N4O4S. The first kappa shape index (κ1) is 23.0. The van der Waals surface area contributed by atoms with Gasteiger partial charge < -0.3 is 19.5 Å². The average Bonchev–Trinajstić information content (AvgIpc) is 3.33. The summed E-state index contributed by atoms with van der Waals surface area (Å²) in [6, 6.07) is 15.3. The summed E-state index contributed by atoms with van der Waals surface area (Å²) in [4.78, 5) is 17.1. The van der Waals surface area contributed by atoms with Gasteiger partial charge in [0.1, 0.15) is 24.0 Å². The predicted octanol–water partition coefficient (Wildman–Crippen LogP) is 5.08. The van der Waals surface area contributed by atoms with Crippen LogP contribution in [0.5, 0.6) is 17.2 Å². The van der Waals surface area contributed by atoms with Crippen LogP contribution in [0.25, 0.3) is 16.8 Å². The van der Waals surface area contributed by atoms with Gasteiger partial charge in [-0.15, -0.1) is 0 Å². The van der Waals surface area contributed by atoms with Crippen LogP contribution in [0.1, 0.15) is 19.8 Å². The van der Waals surface area contributed by atoms with E-state index in [1.54, 1.807) is 35.1 Å². The number of nitrogens with one attached hydrogen (secondary N) is 1. The second-order valence-electron chi connectivity index (χ2n) is 7.99. The summed E-state index contributed by atoms with van der Waals surface area (Å²) in [5, 5.41) is 8.37. The number of ether oxygens (including phenoxy) is 3. The monoisotopic (exact) mass is 490 g/mol. The maximum absolute atomic E-state index is 12.6. The number of unbranched alkanes of at least 4 members (excludes halogenated alkanes) is 1. The predicted molar refractivity (Wildman–Crippen MR) is 136 cm³/mol. The molecule has 4 aromatic rings. The molecule has 8 nitrogen and oxygen atoms in total. The van der Waals surface area contributed by atoms with E-state index in [1.165, 1.54) is 11.8 Å². The van der Waals surface area contributed by atoms with Crippen molar-refractivity contribution in [3.05, 3.63) is 60.9 Å². The molecule has 180 valence electrons. The molecule has 0 spiro atoms. The number of rotatable bonds is 9. The zero-order valence-corrected chi connectivity index (χ0v) is 20.2. The van der Waals surface area contributed by atoms with Crippen LogP contribution in [-0.4, -0.2) is 46.1 Å². The van der Waals surface area contributed by atoms with Crippen molar-refractivity contribution >= 4 is 28.9 Å². The van der Waals surface area contributed by atoms with Crippen molar-refractivity contribution in [2.45, 2.75) is 24.8 Å². The molecule has 5 rings (SSSR count). The Balaban J connectivity index is 1.29. The first-order valence-corrected chi connectivity index (χ1v) is 12.6. The van der Waals surface area contributed by atoms with Gasteiger partial charge in [-0.2, -0.15) is 5.10 Å². The number of amides is 1. The Bertz CT molecular complexity index is 1340. The number of carbonyl (C=O) groups excluding carboxylic acids is 1. The highest BCUT2D eigenvalue weighted by Gasteiger charge is 2.16. The van der Waals surface area contributed by atoms with Gasteiger partial charge in [-0.25, -0.2) is 9.50 Å². The molecule has 0 radical (unpaired) electrons. The fourth-order valence-corrected chi connectivity index (χ4v) is 4.50. The number of benzene rings is 2. The van der Waals surface area contributed by atoms with Gasteiger partial charge in [0.25, 0.3) is 0 Å². The van der Waals surface area contributed by atoms with Crippen molar-refractivity contribution in [1.82, 2.24) is 14.6 Å². The lowest BCUT2D eigenvalue weighted by molar-refractivity contribution is -0.113. The third-order valence-corrected chi connectivity index (χ3v) is 6.43. The van der Waals surface area contributed by atoms with Gasteiger partial charge >= 0.3 is 0 Å². The third kappa shape index (κ3) is 5.35. The summed E-state index contributed by atoms with van der Waals surface area (Å²) in [7, 11) is 0. The Kier molecular flexibility index (Phi) is 7.04. The fourth-order valence-electron chi connectivity index (χ4n) is 3.72. The van der Waals surface area contributed by atoms with Crippen molar-refractivity contribution in [2.24, 2.45) is 0 Å². The number of hydrogen-bond acceptors (Lipinski definition) is 7. The van der Waals surface area contributed by atoms with E-state index in [4.69, 9.17) is 19.3 Å². The number of carbonyl (C=O) groups is 1. The second kappa shape index (κ2) is 10.7. The van der Waals surface area contributed by atoms with Gasteiger partial charge in [0.2, 0.25) is 5.91 Å². The summed E-state index contributed by atoms with van der Waals surface area (Å²) in [5.74, 6) is 2.21. The molecule has 0 aliphatic carbocycles. The summed E-state index contributed by atoms with van der Waals surface area (Å²) < 4.78 is 18.9. The van der Waals surface area contributed by atoms with Crippen LogP contribution in [-0.2, 0) is 4.79 Å². The van der Waals surface area contributed by atoms with Gasteiger partial charge in [0.15, 0.2) is 11.5 Å². The lowest BCUT2D eigenvalue weighted by Gasteiger charge is -2.19. The molecule has 1 N–H and O–H groups in total. The number of para-hydroxylation sites is 1. The maximum Gasteiger partial charge on any atom is 0.234 e. The fraction of sp³-hybridized carbons (Fsp3) is 0.269. The molecule has 2 aromatic heterocycles. The SMILES string of the molecule is CCCCOc1ccccc1-c1cc2c(SCC(=O)Nc3ccc4c(c3)OCCO4)nccn2n1. The molecule has 35 heavy (non-hydrogen) atoms. The average molecular weight is 491 g/mol. The zero-order chi connectivity index (χ0) is 24.0. The molecule has 0 unspecified atom stereocenters. The van der Waals surface area contributed by atoms with Crippen molar-refractivity contribution in [3.8, 4) is 28.5 Å². The molecule has 2 aromatic carbocycles. The minimum Gasteiger partial charge on any atom is -0.493 e. The molecule has 0 fully saturated rings. The minimum atomic E-state index is -0.134. The van der Waals surface area contributed by atoms with Crippen molar-refractivity contribution in [1.29, 1.82) is 0 Å². The van der Waals surface area contributed by atoms with E-state index >= 15 is 0 Å². The van der Waals surface area contributed by atoms with Crippen LogP contribution in [0.2, 0.25) is 0 Å². The third-order valence-electron chi connectivity index (χ3n) is 5.44. The van der Waals surface area contributed by atoms with E-state index in [1.807, 2.05) is 30.3 Å². The summed E-state index contributed by atoms with van der Waals surface area (Å²) >= 11 is 1.36. The molecule has 0 saturated heterocycles. The van der Waals surface area contributed by atoms with Gasteiger partial charge in [0.05, 0.1) is 23.6 Å². The van der Waals surface area contributed by atoms with E-state index in [-0.39, 0.29) is 11.7 Å². The molecule has 0 saturated carbocycles. The summed E-state index contributed by atoms with van der Waals surface area (Å²) in [5.41, 5.74) is 3.23. The van der Waals surface area contributed by atoms with Gasteiger partial charge in [-0.1, -0.05) is 37.2 Å². The molecule has 0 bridgehead atoms. The first-order chi connectivity index (χ1) is 17.2. The number of aromatic nitrogens is 3. The Morgan fingerprint density at radius 3 is 2.89 bits per heavy atom. The number of fused-ring (bicyclic) bond motifs is 2. The van der Waals surface area contributed by atoms with E-state index < -0.39 is 0 Å². The van der Waals surface area contributed by atoms with Crippen molar-refractivity contribution < 1.29 is 19.0 Å². The van der Waals surface area contributed by atoms with Crippen molar-refractivity contribution in [3.63, 3.8) is 0 Å². The van der Waals surface area contributed by atoms with Crippen LogP contribution >= 0.6 is 11.8 Å². The standard InChI is InChI=1S/C26H26N4O4S/c1-2-3-12-32-22-7-5-4-6-19(22)20-16-21-26(27-10-11-30(21)29-20)35-17-25(31)28-18-8-9-23-24(15-18)34-14-13-33-23/h4-11,15-16H,2-3,12-14,17H2,1H3,(H,28,31). The zero-order valence-electron chi connectivity index (χ0n) is 19.4. The lowest BCUT2D eigenvalue weighted by atomic mass is 10.1. The van der Waals surface area contributed by atoms with Crippen LogP contribution < -0.4 is 19.5 Å². The number of thioether (sulfide) groups is 1. The topological polar surface area (TPSA) is 87.0 Å². The molecule has 3 heterocycles. The van der Waals surface area contributed by atoms with E-state index in [0.717, 1.165) is 40.4 Å². The van der Waals surface area contributed by atoms with E-state index in [9.17, 15) is 4.79 Å². The highest BCUT2D eigenvalue weighted by atomic mass is 32.2. The Morgan fingerprint density at radius 2 is 2.00 bits per heavy atom. The quantitative estimate of drug-likeness (QED) is 0.259. The highest BCUT2D eigenvalue weighted by molar-refractivity contribution is 8.00. The minimum absolute atomic E-state index is 0.134. The van der Waals surface area contributed by atoms with Gasteiger partial charge in [-0.05, 0) is 36.8 Å². The molecule has 1 amide bonds. The highest BCUT2D eigenvalue weighted by Crippen LogP contribution is 2.34. The molecule has 1 aliphatic rings. The maximum atomic E-state index is 12.6. The van der Waals surface area contributed by atoms with Crippen LogP contribution in [0.3, 0.4) is 0 Å². The first-order valence-electron chi connectivity index (χ1n) is 11.6. The summed E-state index contributed by atoms with van der Waals surface area (Å²) in [6.45, 7) is 3.84. The van der Waals surface area contributed by atoms with E-state index in [2.05, 4.69) is 17.2 Å². The number of nitrogens with zero attached hydrogens (tertiary/aromatic N) is 3. The van der Waals surface area contributed by atoms with Gasteiger partial charge in [0, 0.05) is 29.7 Å². The molecule has 9 heteroatoms. The van der Waals surface area contributed by atoms with E-state index in [0.29, 0.717) is 37.0 Å². The summed E-state index contributed by atoms with van der Waals surface area (Å²) in [6.07, 6.45) is 5.57. The Labute approximate surface area is 207 Å². The lowest BCUT2D eigenvalue weighted by Crippen LogP contribution is -2.17. The van der Waals surface area contributed by atoms with Gasteiger partial charge in [-0.3, -0.25) is 4.79 Å². The molecular weight excluding hydrogens is 464 g/mol. The van der Waals surface area contributed by atoms with Crippen LogP contribution in [0, 0.1) is 0 Å². The van der Waals surface area contributed by atoms with Crippen LogP contribution in [0.4, 0.5) is 5.69 Å². The molecule has 0 atom stereocenters. The largest absolute Gasteiger partial charge is 0.493 e. The Morgan fingerprint density at radius 1 is 1.14 bits per heavy atom. The Hall–Kier alpha value is -3.72. The molecule has 1 aliphatic heterocycles. The number of anilines is 1. The van der Waals surface area contributed by atoms with Crippen LogP contribution in [0.15, 0.2) is 66.0 Å². The normalized spacial score (nSPS) is 12.5.